The van der Waals surface area contributed by atoms with Crippen molar-refractivity contribution in [1.29, 1.82) is 0 Å². The Morgan fingerprint density at radius 3 is 2.90 bits per heavy atom. The molecule has 1 aromatic rings. The van der Waals surface area contributed by atoms with Crippen molar-refractivity contribution in [2.24, 2.45) is 11.0 Å². The molecule has 1 aliphatic rings. The molecule has 0 saturated carbocycles. The summed E-state index contributed by atoms with van der Waals surface area (Å²) in [4.78, 5) is 16.2. The summed E-state index contributed by atoms with van der Waals surface area (Å²) in [6, 6.07) is 7.58. The van der Waals surface area contributed by atoms with E-state index in [1.54, 1.807) is 7.11 Å². The molecule has 7 heteroatoms. The lowest BCUT2D eigenvalue weighted by Crippen LogP contribution is -2.34. The van der Waals surface area contributed by atoms with E-state index in [1.165, 1.54) is 0 Å². The van der Waals surface area contributed by atoms with Crippen LogP contribution < -0.4 is 16.0 Å². The van der Waals surface area contributed by atoms with Crippen molar-refractivity contribution < 1.29 is 19.1 Å². The number of oxime groups is 1. The van der Waals surface area contributed by atoms with Crippen LogP contribution in [0.15, 0.2) is 29.4 Å². The Balaban J connectivity index is 1.80. The Kier molecular flexibility index (Phi) is 4.91. The van der Waals surface area contributed by atoms with Gasteiger partial charge in [0.25, 0.3) is 5.91 Å². The zero-order valence-electron chi connectivity index (χ0n) is 11.2. The summed E-state index contributed by atoms with van der Waals surface area (Å²) in [6.07, 6.45) is 0.453. The Labute approximate surface area is 116 Å². The van der Waals surface area contributed by atoms with Gasteiger partial charge in [0.05, 0.1) is 19.4 Å². The summed E-state index contributed by atoms with van der Waals surface area (Å²) in [6.45, 7) is 0.199. The van der Waals surface area contributed by atoms with Crippen LogP contribution in [0.25, 0.3) is 0 Å². The van der Waals surface area contributed by atoms with E-state index in [2.05, 4.69) is 5.16 Å². The van der Waals surface area contributed by atoms with Crippen LogP contribution in [0.4, 0.5) is 0 Å². The molecule has 20 heavy (non-hydrogen) atoms. The normalized spacial score (nSPS) is 17.3. The minimum atomic E-state index is -0.376. The largest absolute Gasteiger partial charge is 0.497 e. The lowest BCUT2D eigenvalue weighted by molar-refractivity contribution is -0.127. The van der Waals surface area contributed by atoms with E-state index in [-0.39, 0.29) is 25.2 Å². The number of rotatable bonds is 6. The van der Waals surface area contributed by atoms with E-state index in [9.17, 15) is 4.79 Å². The summed E-state index contributed by atoms with van der Waals surface area (Å²) in [5, 5.41) is 4.03. The van der Waals surface area contributed by atoms with Crippen molar-refractivity contribution in [1.82, 2.24) is 5.43 Å². The highest BCUT2D eigenvalue weighted by Gasteiger charge is 2.22. The number of nitrogens with two attached hydrogens (primary N) is 1. The van der Waals surface area contributed by atoms with E-state index < -0.39 is 0 Å². The van der Waals surface area contributed by atoms with Crippen LogP contribution in [0.5, 0.6) is 5.75 Å². The van der Waals surface area contributed by atoms with E-state index in [4.69, 9.17) is 20.2 Å². The van der Waals surface area contributed by atoms with E-state index in [0.717, 1.165) is 17.0 Å². The Hall–Kier alpha value is -2.12. The smallest absolute Gasteiger partial charge is 0.259 e. The second-order valence-corrected chi connectivity index (χ2v) is 4.28. The quantitative estimate of drug-likeness (QED) is 0.440. The summed E-state index contributed by atoms with van der Waals surface area (Å²) in [5.41, 5.74) is 3.82. The Morgan fingerprint density at radius 2 is 2.25 bits per heavy atom. The monoisotopic (exact) mass is 279 g/mol. The second kappa shape index (κ2) is 6.88. The highest BCUT2D eigenvalue weighted by atomic mass is 16.7. The molecule has 1 aromatic carbocycles. The fraction of sp³-hybridized carbons (Fsp3) is 0.385. The molecular formula is C13H17N3O4. The minimum Gasteiger partial charge on any atom is -0.497 e. The lowest BCUT2D eigenvalue weighted by atomic mass is 10.1. The van der Waals surface area contributed by atoms with Gasteiger partial charge in [-0.15, -0.1) is 0 Å². The number of nitrogens with zero attached hydrogens (tertiary/aromatic N) is 1. The third-order valence-electron chi connectivity index (χ3n) is 2.85. The molecule has 0 radical (unpaired) electrons. The topological polar surface area (TPSA) is 95.2 Å². The molecule has 0 aliphatic carbocycles. The van der Waals surface area contributed by atoms with E-state index >= 15 is 0 Å². The van der Waals surface area contributed by atoms with Crippen molar-refractivity contribution in [2.45, 2.75) is 12.5 Å². The summed E-state index contributed by atoms with van der Waals surface area (Å²) in [7, 11) is 1.62. The minimum absolute atomic E-state index is 0.0891. The number of amides is 1. The number of nitrogens with one attached hydrogen (secondary N) is 1. The van der Waals surface area contributed by atoms with Crippen molar-refractivity contribution in [3.63, 3.8) is 0 Å². The SMILES string of the molecule is COc1ccc(C2=NOC(COCC(=O)NN)C2)cc1. The number of hydrogen-bond donors (Lipinski definition) is 2. The third kappa shape index (κ3) is 3.69. The van der Waals surface area contributed by atoms with Crippen molar-refractivity contribution >= 4 is 11.6 Å². The standard InChI is InChI=1S/C13H17N3O4/c1-18-10-4-2-9(3-5-10)12-6-11(20-16-12)7-19-8-13(17)15-14/h2-5,11H,6-8,14H2,1H3,(H,15,17). The van der Waals surface area contributed by atoms with Gasteiger partial charge in [-0.05, 0) is 29.8 Å². The second-order valence-electron chi connectivity index (χ2n) is 4.28. The first-order valence-electron chi connectivity index (χ1n) is 6.17. The van der Waals surface area contributed by atoms with Gasteiger partial charge in [0.1, 0.15) is 12.4 Å². The molecule has 0 bridgehead atoms. The van der Waals surface area contributed by atoms with Gasteiger partial charge in [-0.3, -0.25) is 10.2 Å². The first-order valence-corrected chi connectivity index (χ1v) is 6.17. The zero-order valence-corrected chi connectivity index (χ0v) is 11.2. The highest BCUT2D eigenvalue weighted by Crippen LogP contribution is 2.19. The number of methoxy groups -OCH3 is 1. The molecule has 0 fully saturated rings. The van der Waals surface area contributed by atoms with Crippen molar-refractivity contribution in [2.75, 3.05) is 20.3 Å². The predicted octanol–water partition coefficient (Wildman–Crippen LogP) is 0.195. The average molecular weight is 279 g/mol. The number of hydrogen-bond acceptors (Lipinski definition) is 6. The van der Waals surface area contributed by atoms with Gasteiger partial charge in [0.15, 0.2) is 6.10 Å². The molecule has 2 rings (SSSR count). The fourth-order valence-electron chi connectivity index (χ4n) is 1.80. The molecule has 1 aliphatic heterocycles. The number of hydrazine groups is 1. The predicted molar refractivity (Wildman–Crippen MR) is 72.2 cm³/mol. The Morgan fingerprint density at radius 1 is 1.50 bits per heavy atom. The van der Waals surface area contributed by atoms with Crippen molar-refractivity contribution in [3.05, 3.63) is 29.8 Å². The van der Waals surface area contributed by atoms with Crippen LogP contribution in [-0.4, -0.2) is 38.0 Å². The fourth-order valence-corrected chi connectivity index (χ4v) is 1.80. The molecule has 108 valence electrons. The van der Waals surface area contributed by atoms with Crippen LogP contribution >= 0.6 is 0 Å². The maximum atomic E-state index is 10.9. The lowest BCUT2D eigenvalue weighted by Gasteiger charge is -2.08. The molecule has 3 N–H and O–H groups in total. The molecule has 1 atom stereocenters. The van der Waals surface area contributed by atoms with Crippen LogP contribution in [0.1, 0.15) is 12.0 Å². The molecule has 0 saturated heterocycles. The molecule has 7 nitrogen and oxygen atoms in total. The number of carbonyl (C=O) groups excluding carboxylic acids is 1. The molecule has 0 spiro atoms. The first kappa shape index (κ1) is 14.3. The highest BCUT2D eigenvalue weighted by molar-refractivity contribution is 6.01. The van der Waals surface area contributed by atoms with Gasteiger partial charge in [0.2, 0.25) is 0 Å². The third-order valence-corrected chi connectivity index (χ3v) is 2.85. The maximum Gasteiger partial charge on any atom is 0.259 e. The summed E-state index contributed by atoms with van der Waals surface area (Å²) in [5.74, 6) is 5.36. The van der Waals surface area contributed by atoms with Gasteiger partial charge in [0, 0.05) is 6.42 Å². The first-order chi connectivity index (χ1) is 9.72. The molecule has 1 amide bonds. The van der Waals surface area contributed by atoms with Gasteiger partial charge in [-0.2, -0.15) is 0 Å². The number of ether oxygens (including phenoxy) is 2. The van der Waals surface area contributed by atoms with Crippen LogP contribution in [-0.2, 0) is 14.4 Å². The zero-order chi connectivity index (χ0) is 14.4. The van der Waals surface area contributed by atoms with E-state index in [0.29, 0.717) is 6.42 Å². The average Bonchev–Trinajstić information content (AvgIpc) is 2.96. The van der Waals surface area contributed by atoms with E-state index in [1.807, 2.05) is 29.7 Å². The van der Waals surface area contributed by atoms with Gasteiger partial charge in [-0.1, -0.05) is 5.16 Å². The van der Waals surface area contributed by atoms with Crippen LogP contribution in [0, 0.1) is 0 Å². The van der Waals surface area contributed by atoms with Crippen LogP contribution in [0.3, 0.4) is 0 Å². The Bertz CT molecular complexity index is 487. The summed E-state index contributed by atoms with van der Waals surface area (Å²) < 4.78 is 10.3. The van der Waals surface area contributed by atoms with Crippen LogP contribution in [0.2, 0.25) is 0 Å². The molecule has 1 heterocycles. The summed E-state index contributed by atoms with van der Waals surface area (Å²) >= 11 is 0. The molecular weight excluding hydrogens is 262 g/mol. The van der Waals surface area contributed by atoms with Gasteiger partial charge >= 0.3 is 0 Å². The van der Waals surface area contributed by atoms with Gasteiger partial charge in [-0.25, -0.2) is 5.84 Å². The number of benzene rings is 1. The van der Waals surface area contributed by atoms with Gasteiger partial charge < -0.3 is 14.3 Å². The maximum absolute atomic E-state index is 10.9. The molecule has 0 aromatic heterocycles. The number of carbonyl (C=O) groups is 1. The molecule has 1 unspecified atom stereocenters. The van der Waals surface area contributed by atoms with Crippen molar-refractivity contribution in [3.8, 4) is 5.75 Å².